The lowest BCUT2D eigenvalue weighted by molar-refractivity contribution is 0.173. The number of aliphatic hydroxyl groups is 1. The number of hydrogen-bond donors (Lipinski definition) is 2. The molecule has 1 aliphatic heterocycles. The third-order valence-corrected chi connectivity index (χ3v) is 8.06. The summed E-state index contributed by atoms with van der Waals surface area (Å²) in [5, 5.41) is 14.8. The molecular formula is C26H25BrClN3O2S. The van der Waals surface area contributed by atoms with Crippen molar-refractivity contribution in [3.8, 4) is 16.9 Å². The van der Waals surface area contributed by atoms with Crippen LogP contribution in [0.15, 0.2) is 65.1 Å². The van der Waals surface area contributed by atoms with Gasteiger partial charge in [-0.2, -0.15) is 4.37 Å². The molecule has 176 valence electrons. The molecule has 1 aliphatic rings. The lowest BCUT2D eigenvalue weighted by Crippen LogP contribution is -2.24. The molecule has 0 bridgehead atoms. The summed E-state index contributed by atoms with van der Waals surface area (Å²) >= 11 is 12.1. The van der Waals surface area contributed by atoms with E-state index in [1.807, 2.05) is 48.5 Å². The van der Waals surface area contributed by atoms with Gasteiger partial charge in [-0.1, -0.05) is 48.0 Å². The van der Waals surface area contributed by atoms with Crippen LogP contribution >= 0.6 is 39.1 Å². The third-order valence-electron chi connectivity index (χ3n) is 6.01. The fourth-order valence-corrected chi connectivity index (χ4v) is 5.86. The van der Waals surface area contributed by atoms with E-state index >= 15 is 0 Å². The summed E-state index contributed by atoms with van der Waals surface area (Å²) in [4.78, 5) is 2.28. The Bertz CT molecular complexity index is 1300. The van der Waals surface area contributed by atoms with Crippen molar-refractivity contribution in [2.24, 2.45) is 0 Å². The zero-order chi connectivity index (χ0) is 23.5. The molecular weight excluding hydrogens is 534 g/mol. The second-order valence-corrected chi connectivity index (χ2v) is 10.4. The number of ether oxygens (including phenoxy) is 1. The monoisotopic (exact) mass is 557 g/mol. The Morgan fingerprint density at radius 1 is 1.12 bits per heavy atom. The Morgan fingerprint density at radius 2 is 1.94 bits per heavy atom. The van der Waals surface area contributed by atoms with Crippen molar-refractivity contribution in [1.82, 2.24) is 9.27 Å². The van der Waals surface area contributed by atoms with Crippen LogP contribution in [-0.2, 0) is 0 Å². The molecule has 0 saturated carbocycles. The topological polar surface area (TPSA) is 57.6 Å². The predicted octanol–water partition coefficient (Wildman–Crippen LogP) is 6.96. The van der Waals surface area contributed by atoms with Crippen molar-refractivity contribution in [1.29, 1.82) is 0 Å². The van der Waals surface area contributed by atoms with Crippen LogP contribution in [0.3, 0.4) is 0 Å². The standard InChI is InChI=1S/C26H25BrClN3O2S/c27-24-18(7-4-10-22(24)33-15-5-13-31-14-12-17(32)16-31)19-8-3-9-21(25(19)28)29-26-20-6-1-2-11-23(20)34-30-26/h1-4,6-11,17,32H,5,12-16H2,(H,29,30). The van der Waals surface area contributed by atoms with Crippen molar-refractivity contribution < 1.29 is 9.84 Å². The quantitative estimate of drug-likeness (QED) is 0.229. The number of aromatic nitrogens is 1. The van der Waals surface area contributed by atoms with Crippen LogP contribution in [0.2, 0.25) is 5.02 Å². The van der Waals surface area contributed by atoms with Crippen molar-refractivity contribution in [2.75, 3.05) is 31.6 Å². The van der Waals surface area contributed by atoms with Crippen molar-refractivity contribution in [3.05, 3.63) is 70.2 Å². The molecule has 5 nitrogen and oxygen atoms in total. The molecule has 34 heavy (non-hydrogen) atoms. The normalized spacial score (nSPS) is 16.3. The highest BCUT2D eigenvalue weighted by Gasteiger charge is 2.19. The fourth-order valence-electron chi connectivity index (χ4n) is 4.26. The van der Waals surface area contributed by atoms with E-state index in [2.05, 4.69) is 42.7 Å². The first-order chi connectivity index (χ1) is 16.6. The Morgan fingerprint density at radius 3 is 2.79 bits per heavy atom. The lowest BCUT2D eigenvalue weighted by atomic mass is 10.0. The zero-order valence-corrected chi connectivity index (χ0v) is 21.7. The van der Waals surface area contributed by atoms with Gasteiger partial charge in [-0.15, -0.1) is 0 Å². The Kier molecular flexibility index (Phi) is 7.37. The predicted molar refractivity (Wildman–Crippen MR) is 145 cm³/mol. The molecule has 0 aliphatic carbocycles. The van der Waals surface area contributed by atoms with Crippen LogP contribution in [0.4, 0.5) is 11.5 Å². The summed E-state index contributed by atoms with van der Waals surface area (Å²) < 4.78 is 12.7. The van der Waals surface area contributed by atoms with Crippen LogP contribution in [0.25, 0.3) is 21.2 Å². The van der Waals surface area contributed by atoms with E-state index in [1.54, 1.807) is 0 Å². The number of benzene rings is 3. The van der Waals surface area contributed by atoms with Crippen LogP contribution in [0.1, 0.15) is 12.8 Å². The molecule has 1 saturated heterocycles. The van der Waals surface area contributed by atoms with Crippen LogP contribution in [0, 0.1) is 0 Å². The van der Waals surface area contributed by atoms with Gasteiger partial charge in [0.1, 0.15) is 5.75 Å². The zero-order valence-electron chi connectivity index (χ0n) is 18.5. The molecule has 2 N–H and O–H groups in total. The van der Waals surface area contributed by atoms with Gasteiger partial charge in [-0.05, 0) is 64.6 Å². The van der Waals surface area contributed by atoms with E-state index in [9.17, 15) is 5.11 Å². The number of nitrogens with one attached hydrogen (secondary N) is 1. The first-order valence-electron chi connectivity index (χ1n) is 11.3. The van der Waals surface area contributed by atoms with E-state index in [1.165, 1.54) is 11.5 Å². The Balaban J connectivity index is 1.31. The molecule has 0 spiro atoms. The molecule has 1 unspecified atom stereocenters. The fraction of sp³-hybridized carbons (Fsp3) is 0.269. The third kappa shape index (κ3) is 5.09. The van der Waals surface area contributed by atoms with Gasteiger partial charge in [0, 0.05) is 36.1 Å². The largest absolute Gasteiger partial charge is 0.492 e. The van der Waals surface area contributed by atoms with Gasteiger partial charge < -0.3 is 20.1 Å². The molecule has 5 rings (SSSR count). The van der Waals surface area contributed by atoms with Gasteiger partial charge in [-0.25, -0.2) is 0 Å². The van der Waals surface area contributed by atoms with E-state index in [0.717, 1.165) is 75.4 Å². The van der Waals surface area contributed by atoms with Gasteiger partial charge in [0.15, 0.2) is 5.82 Å². The van der Waals surface area contributed by atoms with Crippen LogP contribution < -0.4 is 10.1 Å². The Hall–Kier alpha value is -2.16. The van der Waals surface area contributed by atoms with Crippen molar-refractivity contribution in [2.45, 2.75) is 18.9 Å². The lowest BCUT2D eigenvalue weighted by Gasteiger charge is -2.17. The number of fused-ring (bicyclic) bond motifs is 1. The van der Waals surface area contributed by atoms with E-state index in [0.29, 0.717) is 11.6 Å². The number of nitrogens with zero attached hydrogens (tertiary/aromatic N) is 2. The average molecular weight is 559 g/mol. The van der Waals surface area contributed by atoms with Crippen molar-refractivity contribution in [3.63, 3.8) is 0 Å². The highest BCUT2D eigenvalue weighted by Crippen LogP contribution is 2.42. The highest BCUT2D eigenvalue weighted by molar-refractivity contribution is 9.10. The smallest absolute Gasteiger partial charge is 0.152 e. The van der Waals surface area contributed by atoms with E-state index in [-0.39, 0.29) is 6.10 Å². The summed E-state index contributed by atoms with van der Waals surface area (Å²) in [6.07, 6.45) is 1.59. The molecule has 1 aromatic heterocycles. The number of halogens is 2. The van der Waals surface area contributed by atoms with Crippen LogP contribution in [-0.4, -0.2) is 46.7 Å². The molecule has 0 radical (unpaired) electrons. The molecule has 0 amide bonds. The summed E-state index contributed by atoms with van der Waals surface area (Å²) in [6.45, 7) is 3.26. The minimum absolute atomic E-state index is 0.184. The second kappa shape index (κ2) is 10.6. The van der Waals surface area contributed by atoms with E-state index in [4.69, 9.17) is 16.3 Å². The Labute approximate surface area is 216 Å². The summed E-state index contributed by atoms with van der Waals surface area (Å²) in [7, 11) is 0. The molecule has 2 heterocycles. The summed E-state index contributed by atoms with van der Waals surface area (Å²) in [5.41, 5.74) is 2.69. The number of aliphatic hydroxyl groups excluding tert-OH is 1. The summed E-state index contributed by atoms with van der Waals surface area (Å²) in [6, 6.07) is 20.1. The highest BCUT2D eigenvalue weighted by atomic mass is 79.9. The maximum atomic E-state index is 9.67. The van der Waals surface area contributed by atoms with Crippen LogP contribution in [0.5, 0.6) is 5.75 Å². The van der Waals surface area contributed by atoms with Gasteiger partial charge in [0.2, 0.25) is 0 Å². The minimum Gasteiger partial charge on any atom is -0.492 e. The van der Waals surface area contributed by atoms with Crippen molar-refractivity contribution >= 4 is 60.7 Å². The summed E-state index contributed by atoms with van der Waals surface area (Å²) in [5.74, 6) is 1.60. The maximum absolute atomic E-state index is 9.67. The average Bonchev–Trinajstić information content (AvgIpc) is 3.45. The van der Waals surface area contributed by atoms with Gasteiger partial charge in [0.05, 0.1) is 32.6 Å². The SMILES string of the molecule is OC1CCN(CCCOc2cccc(-c3cccc(Nc4nsc5ccccc45)c3Cl)c2Br)C1. The first-order valence-corrected chi connectivity index (χ1v) is 13.3. The molecule has 1 atom stereocenters. The molecule has 3 aromatic carbocycles. The molecule has 4 aromatic rings. The number of likely N-dealkylation sites (tertiary alicyclic amines) is 1. The van der Waals surface area contributed by atoms with Gasteiger partial charge in [0.25, 0.3) is 0 Å². The first kappa shape index (κ1) is 23.6. The number of rotatable bonds is 8. The number of β-amino-alcohol motifs (C(OH)–C–C–N with tert-alkyl or cyclic N) is 1. The van der Waals surface area contributed by atoms with Gasteiger partial charge >= 0.3 is 0 Å². The maximum Gasteiger partial charge on any atom is 0.152 e. The minimum atomic E-state index is -0.184. The number of anilines is 2. The molecule has 8 heteroatoms. The second-order valence-electron chi connectivity index (χ2n) is 8.38. The van der Waals surface area contributed by atoms with Gasteiger partial charge in [-0.3, -0.25) is 0 Å². The number of hydrogen-bond acceptors (Lipinski definition) is 6. The molecule has 1 fully saturated rings. The van der Waals surface area contributed by atoms with E-state index < -0.39 is 0 Å².